The molecule has 5 nitrogen and oxygen atoms in total. The summed E-state index contributed by atoms with van der Waals surface area (Å²) in [4.78, 5) is 22.3. The molecule has 1 atom stereocenters. The molecular weight excluding hydrogens is 292 g/mol. The van der Waals surface area contributed by atoms with Crippen LogP contribution in [-0.4, -0.2) is 11.9 Å². The number of rotatable bonds is 9. The molecule has 0 aromatic heterocycles. The van der Waals surface area contributed by atoms with Crippen LogP contribution in [0, 0.1) is 0 Å². The van der Waals surface area contributed by atoms with E-state index in [1.54, 1.807) is 0 Å². The zero-order valence-electron chi connectivity index (χ0n) is 13.2. The largest absolute Gasteiger partial charge is 0.297 e. The molecule has 0 fully saturated rings. The van der Waals surface area contributed by atoms with Gasteiger partial charge in [-0.15, -0.1) is 0 Å². The van der Waals surface area contributed by atoms with Gasteiger partial charge in [-0.25, -0.2) is 5.48 Å². The van der Waals surface area contributed by atoms with Crippen LogP contribution in [-0.2, 0) is 27.7 Å². The van der Waals surface area contributed by atoms with E-state index in [1.165, 1.54) is 0 Å². The number of nitrogens with one attached hydrogen (secondary N) is 2. The van der Waals surface area contributed by atoms with Gasteiger partial charge in [-0.3, -0.25) is 14.5 Å². The second kappa shape index (κ2) is 9.74. The second-order valence-corrected chi connectivity index (χ2v) is 5.30. The molecule has 2 rings (SSSR count). The van der Waals surface area contributed by atoms with E-state index in [4.69, 9.17) is 9.68 Å². The Bertz CT molecular complexity index is 575. The third-order valence-electron chi connectivity index (χ3n) is 3.13. The first-order valence-electron chi connectivity index (χ1n) is 7.60. The van der Waals surface area contributed by atoms with Gasteiger partial charge in [-0.2, -0.15) is 5.48 Å². The lowest BCUT2D eigenvalue weighted by Gasteiger charge is -2.13. The quantitative estimate of drug-likeness (QED) is 0.699. The summed E-state index contributed by atoms with van der Waals surface area (Å²) in [5, 5.41) is 0. The number of amides is 1. The lowest BCUT2D eigenvalue weighted by molar-refractivity contribution is -0.136. The van der Waals surface area contributed by atoms with Crippen molar-refractivity contribution in [3.63, 3.8) is 0 Å². The van der Waals surface area contributed by atoms with Gasteiger partial charge in [0.25, 0.3) is 0 Å². The SMILES string of the molecule is C[C@@H](CC(=O)NOCc1ccccc1)NOCc1ccccc1. The summed E-state index contributed by atoms with van der Waals surface area (Å²) in [5.41, 5.74) is 7.37. The standard InChI is InChI=1S/C18H22N2O3/c1-15(19-22-13-16-8-4-2-5-9-16)12-18(21)20-23-14-17-10-6-3-7-11-17/h2-11,15,19H,12-14H2,1H3,(H,20,21)/t15-/m0/s1. The van der Waals surface area contributed by atoms with Gasteiger partial charge in [0.2, 0.25) is 5.91 Å². The Hall–Kier alpha value is -2.21. The number of hydrogen-bond donors (Lipinski definition) is 2. The average Bonchev–Trinajstić information content (AvgIpc) is 2.57. The van der Waals surface area contributed by atoms with Crippen LogP contribution in [0.4, 0.5) is 0 Å². The first-order chi connectivity index (χ1) is 11.2. The summed E-state index contributed by atoms with van der Waals surface area (Å²) in [6.07, 6.45) is 0.267. The minimum Gasteiger partial charge on any atom is -0.297 e. The molecule has 0 aliphatic rings. The highest BCUT2D eigenvalue weighted by atomic mass is 16.7. The molecule has 0 unspecified atom stereocenters. The number of benzene rings is 2. The second-order valence-electron chi connectivity index (χ2n) is 5.30. The summed E-state index contributed by atoms with van der Waals surface area (Å²) < 4.78 is 0. The van der Waals surface area contributed by atoms with Gasteiger partial charge >= 0.3 is 0 Å². The topological polar surface area (TPSA) is 59.6 Å². The first-order valence-corrected chi connectivity index (χ1v) is 7.60. The fraction of sp³-hybridized carbons (Fsp3) is 0.278. The van der Waals surface area contributed by atoms with Crippen molar-refractivity contribution < 1.29 is 14.5 Å². The Kier molecular flexibility index (Phi) is 7.26. The molecule has 1 amide bonds. The van der Waals surface area contributed by atoms with Crippen LogP contribution in [0.15, 0.2) is 60.7 Å². The van der Waals surface area contributed by atoms with Gasteiger partial charge < -0.3 is 0 Å². The number of hydrogen-bond acceptors (Lipinski definition) is 4. The van der Waals surface area contributed by atoms with E-state index >= 15 is 0 Å². The van der Waals surface area contributed by atoms with Gasteiger partial charge in [0.15, 0.2) is 0 Å². The Morgan fingerprint density at radius 3 is 2.00 bits per heavy atom. The molecule has 0 aliphatic carbocycles. The van der Waals surface area contributed by atoms with Gasteiger partial charge in [0.05, 0.1) is 13.2 Å². The van der Waals surface area contributed by atoms with Crippen molar-refractivity contribution in [2.24, 2.45) is 0 Å². The fourth-order valence-corrected chi connectivity index (χ4v) is 1.98. The normalized spacial score (nSPS) is 11.9. The predicted molar refractivity (Wildman–Crippen MR) is 87.8 cm³/mol. The lowest BCUT2D eigenvalue weighted by Crippen LogP contribution is -2.33. The maximum atomic E-state index is 11.7. The molecule has 2 aromatic carbocycles. The van der Waals surface area contributed by atoms with Crippen molar-refractivity contribution in [3.8, 4) is 0 Å². The Morgan fingerprint density at radius 2 is 1.43 bits per heavy atom. The summed E-state index contributed by atoms with van der Waals surface area (Å²) in [6, 6.07) is 19.4. The predicted octanol–water partition coefficient (Wildman–Crippen LogP) is 2.73. The van der Waals surface area contributed by atoms with Crippen LogP contribution >= 0.6 is 0 Å². The molecule has 0 aliphatic heterocycles. The van der Waals surface area contributed by atoms with E-state index in [2.05, 4.69) is 11.0 Å². The smallest absolute Gasteiger partial charge is 0.245 e. The Balaban J connectivity index is 1.57. The maximum absolute atomic E-state index is 11.7. The molecule has 122 valence electrons. The summed E-state index contributed by atoms with van der Waals surface area (Å²) in [6.45, 7) is 2.68. The minimum absolute atomic E-state index is 0.112. The molecule has 0 bridgehead atoms. The third kappa shape index (κ3) is 7.06. The van der Waals surface area contributed by atoms with E-state index in [0.717, 1.165) is 11.1 Å². The Labute approximate surface area is 136 Å². The highest BCUT2D eigenvalue weighted by Crippen LogP contribution is 2.01. The third-order valence-corrected chi connectivity index (χ3v) is 3.13. The first kappa shape index (κ1) is 17.1. The van der Waals surface area contributed by atoms with Gasteiger partial charge in [0.1, 0.15) is 0 Å². The molecular formula is C18H22N2O3. The van der Waals surface area contributed by atoms with Crippen LogP contribution in [0.25, 0.3) is 0 Å². The minimum atomic E-state index is -0.191. The molecule has 2 aromatic rings. The van der Waals surface area contributed by atoms with Crippen LogP contribution in [0.1, 0.15) is 24.5 Å². The number of carbonyl (C=O) groups excluding carboxylic acids is 1. The van der Waals surface area contributed by atoms with Gasteiger partial charge in [0, 0.05) is 12.5 Å². The average molecular weight is 314 g/mol. The molecule has 0 saturated heterocycles. The maximum Gasteiger partial charge on any atom is 0.245 e. The fourth-order valence-electron chi connectivity index (χ4n) is 1.98. The van der Waals surface area contributed by atoms with E-state index in [1.807, 2.05) is 67.6 Å². The Morgan fingerprint density at radius 1 is 0.913 bits per heavy atom. The van der Waals surface area contributed by atoms with Crippen molar-refractivity contribution in [2.45, 2.75) is 32.6 Å². The van der Waals surface area contributed by atoms with Crippen molar-refractivity contribution in [1.82, 2.24) is 11.0 Å². The van der Waals surface area contributed by atoms with Crippen molar-refractivity contribution in [1.29, 1.82) is 0 Å². The highest BCUT2D eigenvalue weighted by molar-refractivity contribution is 5.75. The molecule has 2 N–H and O–H groups in total. The molecule has 0 spiro atoms. The van der Waals surface area contributed by atoms with E-state index in [0.29, 0.717) is 13.2 Å². The van der Waals surface area contributed by atoms with Crippen LogP contribution < -0.4 is 11.0 Å². The molecule has 5 heteroatoms. The van der Waals surface area contributed by atoms with Crippen molar-refractivity contribution in [2.75, 3.05) is 0 Å². The van der Waals surface area contributed by atoms with Gasteiger partial charge in [-0.1, -0.05) is 60.7 Å². The van der Waals surface area contributed by atoms with Crippen LogP contribution in [0.5, 0.6) is 0 Å². The number of carbonyl (C=O) groups is 1. The summed E-state index contributed by atoms with van der Waals surface area (Å²) in [5.74, 6) is -0.191. The molecule has 0 heterocycles. The van der Waals surface area contributed by atoms with Crippen molar-refractivity contribution in [3.05, 3.63) is 71.8 Å². The monoisotopic (exact) mass is 314 g/mol. The summed E-state index contributed by atoms with van der Waals surface area (Å²) in [7, 11) is 0. The summed E-state index contributed by atoms with van der Waals surface area (Å²) >= 11 is 0. The lowest BCUT2D eigenvalue weighted by atomic mass is 10.2. The van der Waals surface area contributed by atoms with E-state index in [-0.39, 0.29) is 18.4 Å². The zero-order chi connectivity index (χ0) is 16.3. The molecule has 0 radical (unpaired) electrons. The van der Waals surface area contributed by atoms with Crippen LogP contribution in [0.3, 0.4) is 0 Å². The molecule has 23 heavy (non-hydrogen) atoms. The van der Waals surface area contributed by atoms with Crippen LogP contribution in [0.2, 0.25) is 0 Å². The van der Waals surface area contributed by atoms with E-state index < -0.39 is 0 Å². The van der Waals surface area contributed by atoms with E-state index in [9.17, 15) is 4.79 Å². The number of hydroxylamine groups is 2. The van der Waals surface area contributed by atoms with Gasteiger partial charge in [-0.05, 0) is 18.1 Å². The van der Waals surface area contributed by atoms with Crippen molar-refractivity contribution >= 4 is 5.91 Å². The molecule has 0 saturated carbocycles. The zero-order valence-corrected chi connectivity index (χ0v) is 13.2. The highest BCUT2D eigenvalue weighted by Gasteiger charge is 2.09.